The molecule has 1 fully saturated rings. The lowest BCUT2D eigenvalue weighted by atomic mass is 10.1. The molecule has 162 valence electrons. The van der Waals surface area contributed by atoms with Gasteiger partial charge in [-0.1, -0.05) is 42.5 Å². The summed E-state index contributed by atoms with van der Waals surface area (Å²) in [5.41, 5.74) is 8.64. The summed E-state index contributed by atoms with van der Waals surface area (Å²) in [5, 5.41) is 3.20. The van der Waals surface area contributed by atoms with Crippen LogP contribution in [0.5, 0.6) is 5.75 Å². The first-order valence-electron chi connectivity index (χ1n) is 10.9. The van der Waals surface area contributed by atoms with Crippen LogP contribution in [0.1, 0.15) is 17.5 Å². The van der Waals surface area contributed by atoms with Crippen LogP contribution in [0.15, 0.2) is 59.6 Å². The molecule has 0 amide bonds. The fourth-order valence-electron chi connectivity index (χ4n) is 3.69. The number of nitrogens with one attached hydrogen (secondary N) is 1. The van der Waals surface area contributed by atoms with E-state index in [1.165, 1.54) is 11.1 Å². The summed E-state index contributed by atoms with van der Waals surface area (Å²) in [6, 6.07) is 18.8. The number of methoxy groups -OCH3 is 1. The molecule has 0 saturated carbocycles. The molecule has 0 radical (unpaired) electrons. The number of aliphatic imine (C=N–C) groups is 1. The molecule has 0 aromatic heterocycles. The fourth-order valence-corrected chi connectivity index (χ4v) is 3.69. The lowest BCUT2D eigenvalue weighted by molar-refractivity contribution is 0.127. The van der Waals surface area contributed by atoms with Crippen molar-refractivity contribution in [2.45, 2.75) is 19.4 Å². The molecule has 0 spiro atoms. The molecule has 6 nitrogen and oxygen atoms in total. The van der Waals surface area contributed by atoms with E-state index >= 15 is 0 Å². The predicted molar refractivity (Wildman–Crippen MR) is 124 cm³/mol. The summed E-state index contributed by atoms with van der Waals surface area (Å²) in [6.07, 6.45) is 1.95. The van der Waals surface area contributed by atoms with E-state index in [4.69, 9.17) is 10.5 Å². The van der Waals surface area contributed by atoms with E-state index in [1.807, 2.05) is 12.1 Å². The molecule has 0 bridgehead atoms. The van der Waals surface area contributed by atoms with Gasteiger partial charge in [-0.15, -0.1) is 0 Å². The highest BCUT2D eigenvalue weighted by molar-refractivity contribution is 5.77. The lowest BCUT2D eigenvalue weighted by Gasteiger charge is -2.34. The number of hydrogen-bond donors (Lipinski definition) is 2. The molecule has 3 rings (SSSR count). The second-order valence-corrected chi connectivity index (χ2v) is 7.75. The maximum Gasteiger partial charge on any atom is 0.188 e. The minimum atomic E-state index is 0.538. The van der Waals surface area contributed by atoms with E-state index in [0.717, 1.165) is 70.9 Å². The molecule has 30 heavy (non-hydrogen) atoms. The van der Waals surface area contributed by atoms with Crippen LogP contribution in [0.3, 0.4) is 0 Å². The Morgan fingerprint density at radius 1 is 0.967 bits per heavy atom. The number of piperazine rings is 1. The summed E-state index contributed by atoms with van der Waals surface area (Å²) in [7, 11) is 1.68. The minimum absolute atomic E-state index is 0.538. The zero-order valence-electron chi connectivity index (χ0n) is 18.1. The SMILES string of the molecule is COc1ccc(CCNC(N)=NCCCN2CCN(Cc3ccccc3)CC2)cc1. The van der Waals surface area contributed by atoms with Crippen molar-refractivity contribution in [3.63, 3.8) is 0 Å². The van der Waals surface area contributed by atoms with Crippen LogP contribution in [0, 0.1) is 0 Å². The monoisotopic (exact) mass is 409 g/mol. The van der Waals surface area contributed by atoms with Gasteiger partial charge >= 0.3 is 0 Å². The quantitative estimate of drug-likeness (QED) is 0.358. The number of ether oxygens (including phenoxy) is 1. The Morgan fingerprint density at radius 2 is 1.67 bits per heavy atom. The average molecular weight is 410 g/mol. The van der Waals surface area contributed by atoms with Gasteiger partial charge in [0.1, 0.15) is 5.75 Å². The molecule has 3 N–H and O–H groups in total. The third-order valence-electron chi connectivity index (χ3n) is 5.51. The zero-order chi connectivity index (χ0) is 21.0. The molecule has 1 saturated heterocycles. The van der Waals surface area contributed by atoms with Gasteiger partial charge in [-0.2, -0.15) is 0 Å². The van der Waals surface area contributed by atoms with Gasteiger partial charge in [-0.3, -0.25) is 9.89 Å². The highest BCUT2D eigenvalue weighted by atomic mass is 16.5. The number of nitrogens with two attached hydrogens (primary N) is 1. The van der Waals surface area contributed by atoms with E-state index < -0.39 is 0 Å². The first-order valence-corrected chi connectivity index (χ1v) is 10.9. The second kappa shape index (κ2) is 12.2. The molecule has 0 atom stereocenters. The Morgan fingerprint density at radius 3 is 2.37 bits per heavy atom. The van der Waals surface area contributed by atoms with Gasteiger partial charge in [0.05, 0.1) is 7.11 Å². The molecule has 1 aliphatic heterocycles. The van der Waals surface area contributed by atoms with Crippen molar-refractivity contribution >= 4 is 5.96 Å². The van der Waals surface area contributed by atoms with Crippen LogP contribution in [0.2, 0.25) is 0 Å². The number of rotatable bonds is 10. The molecule has 2 aromatic carbocycles. The Labute approximate surface area is 180 Å². The summed E-state index contributed by atoms with van der Waals surface area (Å²) in [6.45, 7) is 8.22. The average Bonchev–Trinajstić information content (AvgIpc) is 2.79. The molecular weight excluding hydrogens is 374 g/mol. The molecule has 0 unspecified atom stereocenters. The van der Waals surface area contributed by atoms with Gasteiger partial charge in [0.25, 0.3) is 0 Å². The van der Waals surface area contributed by atoms with Crippen molar-refractivity contribution in [1.29, 1.82) is 0 Å². The molecule has 1 aliphatic rings. The summed E-state index contributed by atoms with van der Waals surface area (Å²) in [5.74, 6) is 1.42. The Bertz CT molecular complexity index is 755. The van der Waals surface area contributed by atoms with Crippen molar-refractivity contribution in [2.75, 3.05) is 52.9 Å². The third-order valence-corrected chi connectivity index (χ3v) is 5.51. The van der Waals surface area contributed by atoms with Crippen LogP contribution in [0.4, 0.5) is 0 Å². The lowest BCUT2D eigenvalue weighted by Crippen LogP contribution is -2.46. The van der Waals surface area contributed by atoms with E-state index in [2.05, 4.69) is 62.6 Å². The predicted octanol–water partition coefficient (Wildman–Crippen LogP) is 2.35. The second-order valence-electron chi connectivity index (χ2n) is 7.75. The van der Waals surface area contributed by atoms with Crippen molar-refractivity contribution in [1.82, 2.24) is 15.1 Å². The maximum absolute atomic E-state index is 5.99. The normalized spacial score (nSPS) is 15.8. The number of benzene rings is 2. The largest absolute Gasteiger partial charge is 0.497 e. The van der Waals surface area contributed by atoms with Crippen LogP contribution in [0.25, 0.3) is 0 Å². The van der Waals surface area contributed by atoms with Gasteiger partial charge in [-0.25, -0.2) is 0 Å². The standard InChI is InChI=1S/C24H35N5O/c1-30-23-10-8-21(9-11-23)12-14-27-24(25)26-13-5-15-28-16-18-29(19-17-28)20-22-6-3-2-4-7-22/h2-4,6-11H,5,12-20H2,1H3,(H3,25,26,27). The first kappa shape index (κ1) is 22.1. The topological polar surface area (TPSA) is 66.1 Å². The maximum atomic E-state index is 5.99. The van der Waals surface area contributed by atoms with E-state index in [9.17, 15) is 0 Å². The third kappa shape index (κ3) is 7.69. The van der Waals surface area contributed by atoms with Gasteiger partial charge in [0.2, 0.25) is 0 Å². The van der Waals surface area contributed by atoms with Crippen molar-refractivity contribution in [3.8, 4) is 5.75 Å². The van der Waals surface area contributed by atoms with Crippen LogP contribution in [-0.4, -0.2) is 68.7 Å². The van der Waals surface area contributed by atoms with E-state index in [1.54, 1.807) is 7.11 Å². The zero-order valence-corrected chi connectivity index (χ0v) is 18.1. The van der Waals surface area contributed by atoms with Crippen molar-refractivity contribution < 1.29 is 4.74 Å². The van der Waals surface area contributed by atoms with Gasteiger partial charge in [0.15, 0.2) is 5.96 Å². The number of nitrogens with zero attached hydrogens (tertiary/aromatic N) is 3. The van der Waals surface area contributed by atoms with Crippen LogP contribution < -0.4 is 15.8 Å². The van der Waals surface area contributed by atoms with Gasteiger partial charge in [0, 0.05) is 52.4 Å². The fraction of sp³-hybridized carbons (Fsp3) is 0.458. The molecule has 6 heteroatoms. The summed E-state index contributed by atoms with van der Waals surface area (Å²) < 4.78 is 5.18. The van der Waals surface area contributed by atoms with Gasteiger partial charge in [-0.05, 0) is 36.1 Å². The first-order chi connectivity index (χ1) is 14.7. The van der Waals surface area contributed by atoms with Crippen molar-refractivity contribution in [3.05, 3.63) is 65.7 Å². The smallest absolute Gasteiger partial charge is 0.188 e. The Hall–Kier alpha value is -2.57. The summed E-state index contributed by atoms with van der Waals surface area (Å²) >= 11 is 0. The Balaban J connectivity index is 1.25. The molecule has 2 aromatic rings. The molecule has 1 heterocycles. The van der Waals surface area contributed by atoms with Crippen LogP contribution in [-0.2, 0) is 13.0 Å². The van der Waals surface area contributed by atoms with Gasteiger partial charge < -0.3 is 20.7 Å². The number of guanidine groups is 1. The summed E-state index contributed by atoms with van der Waals surface area (Å²) in [4.78, 5) is 9.53. The molecular formula is C24H35N5O. The van der Waals surface area contributed by atoms with E-state index in [0.29, 0.717) is 5.96 Å². The number of hydrogen-bond acceptors (Lipinski definition) is 4. The highest BCUT2D eigenvalue weighted by Crippen LogP contribution is 2.11. The van der Waals surface area contributed by atoms with E-state index in [-0.39, 0.29) is 0 Å². The molecule has 0 aliphatic carbocycles. The van der Waals surface area contributed by atoms with Crippen molar-refractivity contribution in [2.24, 2.45) is 10.7 Å². The highest BCUT2D eigenvalue weighted by Gasteiger charge is 2.16. The minimum Gasteiger partial charge on any atom is -0.497 e. The Kier molecular flexibility index (Phi) is 9.00. The van der Waals surface area contributed by atoms with Crippen LogP contribution >= 0.6 is 0 Å².